The standard InChI is InChI=1S/C8H14OS2/c1-5-7(10-5)3-9-4-8-6(2)11-8/h5-8H,3-4H2,1-2H3. The lowest BCUT2D eigenvalue weighted by atomic mass is 10.3. The molecule has 0 bridgehead atoms. The maximum absolute atomic E-state index is 5.58. The Balaban J connectivity index is 1.48. The first-order chi connectivity index (χ1) is 5.27. The molecule has 0 radical (unpaired) electrons. The van der Waals surface area contributed by atoms with Crippen molar-refractivity contribution < 1.29 is 4.74 Å². The van der Waals surface area contributed by atoms with Crippen molar-refractivity contribution >= 4 is 23.5 Å². The highest BCUT2D eigenvalue weighted by Crippen LogP contribution is 2.43. The summed E-state index contributed by atoms with van der Waals surface area (Å²) in [6.07, 6.45) is 0. The molecular weight excluding hydrogens is 176 g/mol. The van der Waals surface area contributed by atoms with Crippen molar-refractivity contribution in [1.82, 2.24) is 0 Å². The van der Waals surface area contributed by atoms with Gasteiger partial charge in [-0.25, -0.2) is 0 Å². The predicted molar refractivity (Wildman–Crippen MR) is 52.5 cm³/mol. The number of ether oxygens (including phenoxy) is 1. The van der Waals surface area contributed by atoms with Crippen LogP contribution < -0.4 is 0 Å². The maximum Gasteiger partial charge on any atom is 0.0596 e. The van der Waals surface area contributed by atoms with E-state index in [0.29, 0.717) is 0 Å². The van der Waals surface area contributed by atoms with Crippen LogP contribution in [0.2, 0.25) is 0 Å². The molecule has 0 saturated carbocycles. The van der Waals surface area contributed by atoms with Gasteiger partial charge in [0.25, 0.3) is 0 Å². The smallest absolute Gasteiger partial charge is 0.0596 e. The third kappa shape index (κ3) is 2.30. The van der Waals surface area contributed by atoms with Crippen molar-refractivity contribution in [3.63, 3.8) is 0 Å². The summed E-state index contributed by atoms with van der Waals surface area (Å²) < 4.78 is 5.58. The topological polar surface area (TPSA) is 9.23 Å². The molecule has 2 saturated heterocycles. The first kappa shape index (κ1) is 8.27. The highest BCUT2D eigenvalue weighted by molar-refractivity contribution is 8.08. The third-order valence-corrected chi connectivity index (χ3v) is 4.91. The van der Waals surface area contributed by atoms with E-state index >= 15 is 0 Å². The van der Waals surface area contributed by atoms with Crippen LogP contribution >= 0.6 is 23.5 Å². The van der Waals surface area contributed by atoms with Crippen molar-refractivity contribution in [1.29, 1.82) is 0 Å². The first-order valence-corrected chi connectivity index (χ1v) is 6.04. The van der Waals surface area contributed by atoms with Crippen LogP contribution in [0.15, 0.2) is 0 Å². The van der Waals surface area contributed by atoms with E-state index in [2.05, 4.69) is 13.8 Å². The van der Waals surface area contributed by atoms with Crippen molar-refractivity contribution in [3.05, 3.63) is 0 Å². The lowest BCUT2D eigenvalue weighted by Gasteiger charge is -1.98. The monoisotopic (exact) mass is 190 g/mol. The Labute approximate surface area is 76.6 Å². The average molecular weight is 190 g/mol. The van der Waals surface area contributed by atoms with Crippen LogP contribution in [0, 0.1) is 0 Å². The molecule has 64 valence electrons. The van der Waals surface area contributed by atoms with Crippen molar-refractivity contribution in [2.45, 2.75) is 34.8 Å². The van der Waals surface area contributed by atoms with E-state index in [1.54, 1.807) is 0 Å². The molecule has 0 amide bonds. The van der Waals surface area contributed by atoms with Gasteiger partial charge >= 0.3 is 0 Å². The molecule has 2 rings (SSSR count). The summed E-state index contributed by atoms with van der Waals surface area (Å²) in [6, 6.07) is 0. The molecule has 0 aromatic rings. The average Bonchev–Trinajstić information content (AvgIpc) is 2.79. The Morgan fingerprint density at radius 1 is 1.00 bits per heavy atom. The second-order valence-electron chi connectivity index (χ2n) is 3.30. The summed E-state index contributed by atoms with van der Waals surface area (Å²) in [6.45, 7) is 6.51. The molecule has 2 fully saturated rings. The van der Waals surface area contributed by atoms with Gasteiger partial charge in [0.05, 0.1) is 13.2 Å². The minimum absolute atomic E-state index is 0.814. The van der Waals surface area contributed by atoms with Gasteiger partial charge in [0.15, 0.2) is 0 Å². The minimum Gasteiger partial charge on any atom is -0.379 e. The fourth-order valence-corrected chi connectivity index (χ4v) is 2.54. The Morgan fingerprint density at radius 3 is 1.64 bits per heavy atom. The molecule has 2 aliphatic rings. The van der Waals surface area contributed by atoms with E-state index in [1.165, 1.54) is 0 Å². The van der Waals surface area contributed by atoms with Crippen molar-refractivity contribution in [3.8, 4) is 0 Å². The van der Waals surface area contributed by atoms with Crippen LogP contribution in [0.3, 0.4) is 0 Å². The Hall–Kier alpha value is 0.660. The molecule has 4 unspecified atom stereocenters. The fourth-order valence-electron chi connectivity index (χ4n) is 1.11. The molecular formula is C8H14OS2. The third-order valence-electron chi connectivity index (χ3n) is 2.24. The van der Waals surface area contributed by atoms with Gasteiger partial charge in [-0.3, -0.25) is 0 Å². The summed E-state index contributed by atoms with van der Waals surface area (Å²) in [5.41, 5.74) is 0. The lowest BCUT2D eigenvalue weighted by Crippen LogP contribution is -2.08. The van der Waals surface area contributed by atoms with Gasteiger partial charge in [-0.1, -0.05) is 13.8 Å². The molecule has 0 aromatic heterocycles. The summed E-state index contributed by atoms with van der Waals surface area (Å²) in [4.78, 5) is 0. The summed E-state index contributed by atoms with van der Waals surface area (Å²) in [7, 11) is 0. The van der Waals surface area contributed by atoms with Gasteiger partial charge in [0.2, 0.25) is 0 Å². The van der Waals surface area contributed by atoms with Crippen LogP contribution in [0.5, 0.6) is 0 Å². The van der Waals surface area contributed by atoms with Gasteiger partial charge in [-0.2, -0.15) is 23.5 Å². The summed E-state index contributed by atoms with van der Waals surface area (Å²) >= 11 is 4.07. The largest absolute Gasteiger partial charge is 0.379 e. The predicted octanol–water partition coefficient (Wildman–Crippen LogP) is 2.01. The van der Waals surface area contributed by atoms with Gasteiger partial charge < -0.3 is 4.74 Å². The molecule has 11 heavy (non-hydrogen) atoms. The molecule has 2 aliphatic heterocycles. The second kappa shape index (κ2) is 3.19. The van der Waals surface area contributed by atoms with Crippen LogP contribution in [-0.4, -0.2) is 34.2 Å². The molecule has 0 N–H and O–H groups in total. The Bertz CT molecular complexity index is 135. The van der Waals surface area contributed by atoms with Gasteiger partial charge in [-0.15, -0.1) is 0 Å². The molecule has 0 aromatic carbocycles. The zero-order valence-electron chi connectivity index (χ0n) is 6.95. The quantitative estimate of drug-likeness (QED) is 0.628. The van der Waals surface area contributed by atoms with Crippen LogP contribution in [0.1, 0.15) is 13.8 Å². The highest BCUT2D eigenvalue weighted by atomic mass is 32.2. The fraction of sp³-hybridized carbons (Fsp3) is 1.00. The SMILES string of the molecule is CC1SC1COCC1SC1C. The van der Waals surface area contributed by atoms with E-state index in [9.17, 15) is 0 Å². The van der Waals surface area contributed by atoms with E-state index in [4.69, 9.17) is 4.74 Å². The minimum atomic E-state index is 0.814. The van der Waals surface area contributed by atoms with Gasteiger partial charge in [0, 0.05) is 21.0 Å². The molecule has 0 spiro atoms. The molecule has 1 nitrogen and oxygen atoms in total. The van der Waals surface area contributed by atoms with E-state index in [1.807, 2.05) is 23.5 Å². The van der Waals surface area contributed by atoms with Crippen LogP contribution in [-0.2, 0) is 4.74 Å². The van der Waals surface area contributed by atoms with Crippen LogP contribution in [0.4, 0.5) is 0 Å². The Kier molecular flexibility index (Phi) is 2.40. The molecule has 4 atom stereocenters. The molecule has 3 heteroatoms. The number of hydrogen-bond acceptors (Lipinski definition) is 3. The van der Waals surface area contributed by atoms with Crippen molar-refractivity contribution in [2.24, 2.45) is 0 Å². The normalized spacial score (nSPS) is 47.5. The summed E-state index contributed by atoms with van der Waals surface area (Å²) in [5, 5.41) is 3.35. The second-order valence-corrected chi connectivity index (χ2v) is 6.54. The highest BCUT2D eigenvalue weighted by Gasteiger charge is 2.36. The first-order valence-electron chi connectivity index (χ1n) is 4.16. The maximum atomic E-state index is 5.58. The molecule has 2 heterocycles. The van der Waals surface area contributed by atoms with E-state index < -0.39 is 0 Å². The molecule has 0 aliphatic carbocycles. The van der Waals surface area contributed by atoms with E-state index in [0.717, 1.165) is 34.2 Å². The van der Waals surface area contributed by atoms with Gasteiger partial charge in [-0.05, 0) is 0 Å². The van der Waals surface area contributed by atoms with Crippen molar-refractivity contribution in [2.75, 3.05) is 13.2 Å². The Morgan fingerprint density at radius 2 is 1.36 bits per heavy atom. The van der Waals surface area contributed by atoms with Gasteiger partial charge in [0.1, 0.15) is 0 Å². The number of hydrogen-bond donors (Lipinski definition) is 0. The zero-order valence-corrected chi connectivity index (χ0v) is 8.58. The van der Waals surface area contributed by atoms with E-state index in [-0.39, 0.29) is 0 Å². The number of rotatable bonds is 4. The summed E-state index contributed by atoms with van der Waals surface area (Å²) in [5.74, 6) is 0. The number of thioether (sulfide) groups is 2. The van der Waals surface area contributed by atoms with Crippen LogP contribution in [0.25, 0.3) is 0 Å². The lowest BCUT2D eigenvalue weighted by molar-refractivity contribution is 0.146. The zero-order chi connectivity index (χ0) is 7.84.